The first-order chi connectivity index (χ1) is 10.1. The number of amidine groups is 1. The van der Waals surface area contributed by atoms with E-state index in [4.69, 9.17) is 11.1 Å². The predicted molar refractivity (Wildman–Crippen MR) is 90.9 cm³/mol. The number of carbonyl (C=O) groups excluding carboxylic acids is 1. The van der Waals surface area contributed by atoms with Gasteiger partial charge in [0.2, 0.25) is 0 Å². The molecule has 1 rings (SSSR count). The van der Waals surface area contributed by atoms with Crippen molar-refractivity contribution < 1.29 is 4.79 Å². The normalized spacial score (nSPS) is 10.7. The molecule has 0 atom stereocenters. The maximum absolute atomic E-state index is 10.2. The van der Waals surface area contributed by atoms with E-state index in [-0.39, 0.29) is 5.84 Å². The molecule has 21 heavy (non-hydrogen) atoms. The van der Waals surface area contributed by atoms with Crippen molar-refractivity contribution in [1.82, 2.24) is 0 Å². The van der Waals surface area contributed by atoms with E-state index < -0.39 is 0 Å². The number of anilines is 1. The lowest BCUT2D eigenvalue weighted by atomic mass is 10.1. The molecule has 0 spiro atoms. The lowest BCUT2D eigenvalue weighted by Crippen LogP contribution is -2.10. The fourth-order valence-corrected chi connectivity index (χ4v) is 1.50. The topological polar surface area (TPSA) is 79.0 Å². The van der Waals surface area contributed by atoms with Gasteiger partial charge in [-0.1, -0.05) is 18.2 Å². The van der Waals surface area contributed by atoms with E-state index in [1.165, 1.54) is 0 Å². The summed E-state index contributed by atoms with van der Waals surface area (Å²) < 4.78 is 0. The number of nitrogens with one attached hydrogen (secondary N) is 2. The van der Waals surface area contributed by atoms with Crippen molar-refractivity contribution in [2.75, 3.05) is 12.4 Å². The van der Waals surface area contributed by atoms with Gasteiger partial charge in [0.05, 0.1) is 0 Å². The number of hydrogen-bond acceptors (Lipinski definition) is 3. The summed E-state index contributed by atoms with van der Waals surface area (Å²) in [4.78, 5) is 10.2. The average molecular weight is 287 g/mol. The Bertz CT molecular complexity index is 487. The first-order valence-corrected chi connectivity index (χ1v) is 6.92. The number of rotatable bonds is 6. The number of nitrogens with two attached hydrogens (primary N) is 1. The van der Waals surface area contributed by atoms with E-state index in [2.05, 4.69) is 11.4 Å². The Kier molecular flexibility index (Phi) is 10.2. The lowest BCUT2D eigenvalue weighted by molar-refractivity contribution is -0.105. The summed E-state index contributed by atoms with van der Waals surface area (Å²) in [6.07, 6.45) is 8.67. The summed E-state index contributed by atoms with van der Waals surface area (Å²) in [5, 5.41) is 10.1. The van der Waals surface area contributed by atoms with Crippen LogP contribution in [-0.2, 0) is 4.79 Å². The zero-order chi connectivity index (χ0) is 16.1. The molecule has 0 bridgehead atoms. The van der Waals surface area contributed by atoms with Gasteiger partial charge in [0.15, 0.2) is 0 Å². The third-order valence-corrected chi connectivity index (χ3v) is 2.84. The zero-order valence-corrected chi connectivity index (χ0v) is 13.0. The number of carbonyl (C=O) groups is 1. The molecule has 114 valence electrons. The molecule has 0 aliphatic rings. The largest absolute Gasteiger partial charge is 0.388 e. The predicted octanol–water partition coefficient (Wildman–Crippen LogP) is 3.50. The van der Waals surface area contributed by atoms with Crippen LogP contribution < -0.4 is 11.1 Å². The quantitative estimate of drug-likeness (QED) is 0.246. The van der Waals surface area contributed by atoms with Crippen molar-refractivity contribution in [1.29, 1.82) is 5.41 Å². The van der Waals surface area contributed by atoms with Crippen molar-refractivity contribution in [3.8, 4) is 0 Å². The fourth-order valence-electron chi connectivity index (χ4n) is 1.50. The minimum absolute atomic E-state index is 0.104. The van der Waals surface area contributed by atoms with Crippen LogP contribution in [0.25, 0.3) is 0 Å². The molecule has 0 amide bonds. The van der Waals surface area contributed by atoms with Crippen LogP contribution in [0.1, 0.15) is 32.3 Å². The van der Waals surface area contributed by atoms with Gasteiger partial charge in [0.1, 0.15) is 12.1 Å². The molecule has 0 radical (unpaired) electrons. The van der Waals surface area contributed by atoms with Gasteiger partial charge in [-0.25, -0.2) is 0 Å². The van der Waals surface area contributed by atoms with Crippen LogP contribution in [0, 0.1) is 5.41 Å². The van der Waals surface area contributed by atoms with E-state index in [1.807, 2.05) is 57.3 Å². The number of nitrogen functional groups attached to an aromatic ring is 1. The highest BCUT2D eigenvalue weighted by Crippen LogP contribution is 2.07. The summed E-state index contributed by atoms with van der Waals surface area (Å²) in [7, 11) is 1.85. The molecule has 0 aliphatic carbocycles. The van der Waals surface area contributed by atoms with E-state index in [0.717, 1.165) is 36.0 Å². The van der Waals surface area contributed by atoms with Crippen LogP contribution in [0.4, 0.5) is 5.69 Å². The molecule has 0 aromatic heterocycles. The lowest BCUT2D eigenvalue weighted by Gasteiger charge is -2.00. The molecule has 0 aliphatic heterocycles. The smallest absolute Gasteiger partial charge is 0.145 e. The van der Waals surface area contributed by atoms with E-state index >= 15 is 0 Å². The van der Waals surface area contributed by atoms with Crippen molar-refractivity contribution in [2.24, 2.45) is 5.73 Å². The van der Waals surface area contributed by atoms with Crippen molar-refractivity contribution in [3.05, 3.63) is 53.6 Å². The van der Waals surface area contributed by atoms with Crippen molar-refractivity contribution >= 4 is 17.8 Å². The van der Waals surface area contributed by atoms with Gasteiger partial charge >= 0.3 is 0 Å². The Balaban J connectivity index is 0.000000384. The second-order valence-corrected chi connectivity index (χ2v) is 4.33. The second kappa shape index (κ2) is 11.5. The van der Waals surface area contributed by atoms with Gasteiger partial charge in [0.25, 0.3) is 0 Å². The molecule has 0 fully saturated rings. The Hall–Kier alpha value is -2.36. The van der Waals surface area contributed by atoms with Gasteiger partial charge in [-0.2, -0.15) is 0 Å². The number of aldehydes is 1. The average Bonchev–Trinajstić information content (AvgIpc) is 2.52. The first kappa shape index (κ1) is 18.6. The van der Waals surface area contributed by atoms with Gasteiger partial charge in [0, 0.05) is 18.3 Å². The van der Waals surface area contributed by atoms with E-state index in [1.54, 1.807) is 0 Å². The molecule has 4 heteroatoms. The molecule has 4 nitrogen and oxygen atoms in total. The SMILES string of the molecule is C/C=C\CC/C(C=O)=C\C.CNc1ccc(C(=N)N)cc1. The summed E-state index contributed by atoms with van der Waals surface area (Å²) in [6, 6.07) is 7.40. The van der Waals surface area contributed by atoms with E-state index in [9.17, 15) is 4.79 Å². The first-order valence-electron chi connectivity index (χ1n) is 6.92. The number of allylic oxidation sites excluding steroid dienone is 4. The third-order valence-electron chi connectivity index (χ3n) is 2.84. The summed E-state index contributed by atoms with van der Waals surface area (Å²) >= 11 is 0. The third kappa shape index (κ3) is 8.42. The maximum Gasteiger partial charge on any atom is 0.145 e. The maximum atomic E-state index is 10.2. The van der Waals surface area contributed by atoms with Crippen molar-refractivity contribution in [3.63, 3.8) is 0 Å². The second-order valence-electron chi connectivity index (χ2n) is 4.33. The number of benzene rings is 1. The van der Waals surface area contributed by atoms with Gasteiger partial charge in [-0.05, 0) is 56.5 Å². The fraction of sp³-hybridized carbons (Fsp3) is 0.294. The minimum atomic E-state index is 0.104. The molecule has 0 unspecified atom stereocenters. The monoisotopic (exact) mass is 287 g/mol. The highest BCUT2D eigenvalue weighted by Gasteiger charge is 1.93. The molecule has 4 N–H and O–H groups in total. The summed E-state index contributed by atoms with van der Waals surface area (Å²) in [6.45, 7) is 3.87. The summed E-state index contributed by atoms with van der Waals surface area (Å²) in [5.74, 6) is 0.104. The van der Waals surface area contributed by atoms with Gasteiger partial charge < -0.3 is 11.1 Å². The minimum Gasteiger partial charge on any atom is -0.388 e. The molecular weight excluding hydrogens is 262 g/mol. The molecule has 1 aromatic carbocycles. The highest BCUT2D eigenvalue weighted by molar-refractivity contribution is 5.95. The Morgan fingerprint density at radius 1 is 1.29 bits per heavy atom. The summed E-state index contributed by atoms with van der Waals surface area (Å²) in [5.41, 5.74) is 7.93. The van der Waals surface area contributed by atoms with Crippen LogP contribution in [0.3, 0.4) is 0 Å². The van der Waals surface area contributed by atoms with Gasteiger partial charge in [-0.3, -0.25) is 10.2 Å². The Morgan fingerprint density at radius 3 is 2.29 bits per heavy atom. The van der Waals surface area contributed by atoms with Crippen LogP contribution in [0.2, 0.25) is 0 Å². The molecule has 0 saturated heterocycles. The van der Waals surface area contributed by atoms with Crippen LogP contribution >= 0.6 is 0 Å². The Morgan fingerprint density at radius 2 is 1.90 bits per heavy atom. The van der Waals surface area contributed by atoms with Crippen LogP contribution in [-0.4, -0.2) is 19.2 Å². The number of hydrogen-bond donors (Lipinski definition) is 3. The van der Waals surface area contributed by atoms with Crippen LogP contribution in [0.5, 0.6) is 0 Å². The Labute approximate surface area is 127 Å². The van der Waals surface area contributed by atoms with Crippen molar-refractivity contribution in [2.45, 2.75) is 26.7 Å². The molecule has 0 saturated carbocycles. The van der Waals surface area contributed by atoms with Gasteiger partial charge in [-0.15, -0.1) is 0 Å². The highest BCUT2D eigenvalue weighted by atomic mass is 16.1. The molecule has 1 aromatic rings. The van der Waals surface area contributed by atoms with Crippen LogP contribution in [0.15, 0.2) is 48.1 Å². The standard InChI is InChI=1S/C9H14O.C8H11N3/c1-3-5-6-7-9(4-2)8-10;1-11-7-4-2-6(3-5-7)8(9)10/h3-5,8H,6-7H2,1-2H3;2-5,11H,1H3,(H3,9,10)/b5-3-,9-4+;. The zero-order valence-electron chi connectivity index (χ0n) is 13.0. The molecular formula is C17H25N3O. The molecule has 0 heterocycles. The van der Waals surface area contributed by atoms with E-state index in [0.29, 0.717) is 0 Å².